The maximum absolute atomic E-state index is 5.61. The van der Waals surface area contributed by atoms with Gasteiger partial charge in [-0.15, -0.1) is 0 Å². The van der Waals surface area contributed by atoms with Gasteiger partial charge < -0.3 is 4.30 Å². The minimum absolute atomic E-state index is 0.948. The van der Waals surface area contributed by atoms with Crippen LogP contribution in [0.2, 0.25) is 5.79 Å². The lowest BCUT2D eigenvalue weighted by molar-refractivity contribution is 1.00. The summed E-state index contributed by atoms with van der Waals surface area (Å²) in [7, 11) is 5.61. The zero-order valence-corrected chi connectivity index (χ0v) is 6.07. The molecule has 0 aromatic rings. The van der Waals surface area contributed by atoms with E-state index in [9.17, 15) is 0 Å². The molecule has 0 amide bonds. The Kier molecular flexibility index (Phi) is 4.47. The second kappa shape index (κ2) is 3.96. The van der Waals surface area contributed by atoms with Crippen molar-refractivity contribution >= 4 is 23.5 Å². The van der Waals surface area contributed by atoms with Gasteiger partial charge >= 0.3 is 13.4 Å². The molecule has 0 rings (SSSR count). The van der Waals surface area contributed by atoms with E-state index in [1.807, 2.05) is 5.79 Å². The minimum atomic E-state index is -0.948. The minimum Gasteiger partial charge on any atom is -0.386 e. The standard InChI is InChI=1S/C2H6N.CH3.Al.ClH/c1-2-3;;;/h3H,2H2,1H3;1H3;;1H/q-1;;+2;/p-1. The highest BCUT2D eigenvalue weighted by atomic mass is 35.6. The van der Waals surface area contributed by atoms with Crippen LogP contribution < -0.4 is 4.30 Å². The number of nitrogens with one attached hydrogen (secondary N) is 1. The van der Waals surface area contributed by atoms with Crippen molar-refractivity contribution in [2.24, 2.45) is 0 Å². The fourth-order valence-electron chi connectivity index (χ4n) is 0.281. The van der Waals surface area contributed by atoms with Crippen molar-refractivity contribution in [1.82, 2.24) is 4.30 Å². The van der Waals surface area contributed by atoms with Gasteiger partial charge in [-0.2, -0.15) is 0 Å². The SMILES string of the molecule is CC[NH][Al]([CH3])[Cl]. The lowest BCUT2D eigenvalue weighted by atomic mass is 10.8. The first kappa shape index (κ1) is 6.78. The van der Waals surface area contributed by atoms with Gasteiger partial charge in [0, 0.05) is 0 Å². The summed E-state index contributed by atoms with van der Waals surface area (Å²) in [6.45, 7) is 3.07. The van der Waals surface area contributed by atoms with Crippen LogP contribution in [0.4, 0.5) is 0 Å². The van der Waals surface area contributed by atoms with Crippen molar-refractivity contribution in [3.05, 3.63) is 0 Å². The van der Waals surface area contributed by atoms with Crippen molar-refractivity contribution in [3.63, 3.8) is 0 Å². The predicted molar refractivity (Wildman–Crippen MR) is 31.1 cm³/mol. The zero-order valence-electron chi connectivity index (χ0n) is 4.16. The van der Waals surface area contributed by atoms with Crippen molar-refractivity contribution in [1.29, 1.82) is 0 Å². The summed E-state index contributed by atoms with van der Waals surface area (Å²) in [5, 5.41) is 0. The van der Waals surface area contributed by atoms with Crippen LogP contribution in [0.3, 0.4) is 0 Å². The van der Waals surface area contributed by atoms with Crippen LogP contribution in [0.15, 0.2) is 0 Å². The van der Waals surface area contributed by atoms with E-state index in [1.54, 1.807) is 0 Å². The average molecular weight is 122 g/mol. The van der Waals surface area contributed by atoms with Crippen LogP contribution in [0.1, 0.15) is 6.92 Å². The molecule has 0 spiro atoms. The van der Waals surface area contributed by atoms with Crippen molar-refractivity contribution in [2.75, 3.05) is 6.54 Å². The Hall–Kier alpha value is 0.782. The van der Waals surface area contributed by atoms with E-state index in [-0.39, 0.29) is 0 Å². The molecule has 0 saturated heterocycles. The topological polar surface area (TPSA) is 12.0 Å². The first-order chi connectivity index (χ1) is 2.77. The van der Waals surface area contributed by atoms with Gasteiger partial charge in [0.05, 0.1) is 0 Å². The third kappa shape index (κ3) is 4.78. The Morgan fingerprint density at radius 1 is 1.83 bits per heavy atom. The van der Waals surface area contributed by atoms with Crippen LogP contribution in [-0.2, 0) is 0 Å². The molecule has 0 unspecified atom stereocenters. The molecular weight excluding hydrogens is 112 g/mol. The van der Waals surface area contributed by atoms with Gasteiger partial charge in [-0.05, 0) is 6.54 Å². The molecule has 0 fully saturated rings. The zero-order chi connectivity index (χ0) is 4.99. The molecule has 0 atom stereocenters. The van der Waals surface area contributed by atoms with E-state index < -0.39 is 13.4 Å². The highest BCUT2D eigenvalue weighted by Crippen LogP contribution is 1.77. The molecule has 0 aliphatic rings. The Morgan fingerprint density at radius 3 is 2.33 bits per heavy atom. The number of halogens is 1. The Morgan fingerprint density at radius 2 is 2.33 bits per heavy atom. The number of hydrogen-bond acceptors (Lipinski definition) is 1. The molecule has 36 valence electrons. The van der Waals surface area contributed by atoms with E-state index in [4.69, 9.17) is 10.0 Å². The molecule has 0 aromatic heterocycles. The van der Waals surface area contributed by atoms with E-state index in [2.05, 4.69) is 11.2 Å². The monoisotopic (exact) mass is 121 g/mol. The summed E-state index contributed by atoms with van der Waals surface area (Å²) < 4.78 is 3.11. The maximum Gasteiger partial charge on any atom is 0.497 e. The fraction of sp³-hybridized carbons (Fsp3) is 1.00. The van der Waals surface area contributed by atoms with E-state index >= 15 is 0 Å². The summed E-state index contributed by atoms with van der Waals surface area (Å²) in [5.41, 5.74) is 0. The Balaban J connectivity index is 2.63. The van der Waals surface area contributed by atoms with E-state index in [0.717, 1.165) is 6.54 Å². The van der Waals surface area contributed by atoms with Crippen LogP contribution in [0.5, 0.6) is 0 Å². The molecular formula is C3H9AlClN. The Labute approximate surface area is 47.5 Å². The lowest BCUT2D eigenvalue weighted by Crippen LogP contribution is -2.23. The van der Waals surface area contributed by atoms with E-state index in [0.29, 0.717) is 0 Å². The third-order valence-electron chi connectivity index (χ3n) is 0.485. The van der Waals surface area contributed by atoms with Gasteiger partial charge in [-0.25, -0.2) is 10.0 Å². The van der Waals surface area contributed by atoms with Crippen LogP contribution in [0.25, 0.3) is 0 Å². The largest absolute Gasteiger partial charge is 0.497 e. The highest BCUT2D eigenvalue weighted by Gasteiger charge is 2.00. The van der Waals surface area contributed by atoms with Gasteiger partial charge in [0.15, 0.2) is 0 Å². The van der Waals surface area contributed by atoms with Crippen LogP contribution >= 0.6 is 10.0 Å². The molecule has 3 heteroatoms. The molecule has 0 heterocycles. The highest BCUT2D eigenvalue weighted by molar-refractivity contribution is 7.04. The van der Waals surface area contributed by atoms with Crippen LogP contribution in [-0.4, -0.2) is 20.0 Å². The third-order valence-corrected chi connectivity index (χ3v) is 1.92. The quantitative estimate of drug-likeness (QED) is 0.537. The predicted octanol–water partition coefficient (Wildman–Crippen LogP) is 0.953. The molecule has 6 heavy (non-hydrogen) atoms. The van der Waals surface area contributed by atoms with Crippen molar-refractivity contribution in [2.45, 2.75) is 12.7 Å². The summed E-state index contributed by atoms with van der Waals surface area (Å²) in [4.78, 5) is 0. The summed E-state index contributed by atoms with van der Waals surface area (Å²) in [5.74, 6) is 2.05. The molecule has 0 aliphatic carbocycles. The molecule has 1 N–H and O–H groups in total. The second-order valence-electron chi connectivity index (χ2n) is 1.17. The summed E-state index contributed by atoms with van der Waals surface area (Å²) in [6, 6.07) is 0. The molecule has 0 aromatic carbocycles. The molecule has 0 aliphatic heterocycles. The maximum atomic E-state index is 5.61. The van der Waals surface area contributed by atoms with Gasteiger partial charge in [-0.3, -0.25) is 0 Å². The van der Waals surface area contributed by atoms with Gasteiger partial charge in [0.25, 0.3) is 0 Å². The average Bonchev–Trinajstić information content (AvgIpc) is 1.35. The Bertz CT molecular complexity index is 32.0. The number of rotatable bonds is 2. The van der Waals surface area contributed by atoms with Gasteiger partial charge in [0.1, 0.15) is 0 Å². The normalized spacial score (nSPS) is 8.50. The smallest absolute Gasteiger partial charge is 0.386 e. The molecule has 0 saturated carbocycles. The van der Waals surface area contributed by atoms with Gasteiger partial charge in [0.2, 0.25) is 0 Å². The van der Waals surface area contributed by atoms with Gasteiger partial charge in [-0.1, -0.05) is 12.7 Å². The van der Waals surface area contributed by atoms with E-state index in [1.165, 1.54) is 0 Å². The lowest BCUT2D eigenvalue weighted by Gasteiger charge is -1.91. The first-order valence-electron chi connectivity index (χ1n) is 2.14. The summed E-state index contributed by atoms with van der Waals surface area (Å²) in [6.07, 6.45) is 0. The van der Waals surface area contributed by atoms with Crippen LogP contribution in [0, 0.1) is 0 Å². The molecule has 0 radical (unpaired) electrons. The fourth-order valence-corrected chi connectivity index (χ4v) is 1.31. The molecule has 0 bridgehead atoms. The number of hydrogen-bond donors (Lipinski definition) is 1. The first-order valence-corrected chi connectivity index (χ1v) is 5.62. The summed E-state index contributed by atoms with van der Waals surface area (Å²) >= 11 is -0.948. The van der Waals surface area contributed by atoms with Crippen molar-refractivity contribution < 1.29 is 0 Å². The second-order valence-corrected chi connectivity index (χ2v) is 4.78. The van der Waals surface area contributed by atoms with Crippen molar-refractivity contribution in [3.8, 4) is 0 Å². The molecule has 1 nitrogen and oxygen atoms in total.